The molecule has 2 aromatic rings. The van der Waals surface area contributed by atoms with Crippen LogP contribution < -0.4 is 10.5 Å². The minimum absolute atomic E-state index is 0.0943. The van der Waals surface area contributed by atoms with E-state index in [1.54, 1.807) is 35.3 Å². The standard InChI is InChI=1S/C14H18N4O2/c1-9(2)18-14(15)11(8-17-18)16-7-10-4-5-12(19)13(6-10)20-3/h4-9,19H,15H2,1-3H3. The molecular weight excluding hydrogens is 256 g/mol. The molecule has 0 aliphatic heterocycles. The van der Waals surface area contributed by atoms with Gasteiger partial charge in [-0.25, -0.2) is 4.68 Å². The Bertz CT molecular complexity index is 632. The van der Waals surface area contributed by atoms with Gasteiger partial charge in [0.05, 0.1) is 13.3 Å². The summed E-state index contributed by atoms with van der Waals surface area (Å²) in [6, 6.07) is 5.18. The fraction of sp³-hybridized carbons (Fsp3) is 0.286. The van der Waals surface area contributed by atoms with Gasteiger partial charge in [-0.3, -0.25) is 4.99 Å². The van der Waals surface area contributed by atoms with Crippen molar-refractivity contribution < 1.29 is 9.84 Å². The Balaban J connectivity index is 2.25. The van der Waals surface area contributed by atoms with E-state index in [4.69, 9.17) is 10.5 Å². The third-order valence-electron chi connectivity index (χ3n) is 2.86. The number of nitrogen functional groups attached to an aromatic ring is 1. The highest BCUT2D eigenvalue weighted by molar-refractivity contribution is 5.84. The molecule has 0 bridgehead atoms. The number of aromatic hydroxyl groups is 1. The number of methoxy groups -OCH3 is 1. The number of anilines is 1. The van der Waals surface area contributed by atoms with Crippen molar-refractivity contribution in [2.24, 2.45) is 4.99 Å². The first-order chi connectivity index (χ1) is 9.52. The number of phenolic OH excluding ortho intramolecular Hbond substituents is 1. The van der Waals surface area contributed by atoms with Crippen molar-refractivity contribution in [3.05, 3.63) is 30.0 Å². The van der Waals surface area contributed by atoms with Crippen LogP contribution in [0, 0.1) is 0 Å². The van der Waals surface area contributed by atoms with Crippen LogP contribution in [-0.2, 0) is 0 Å². The molecule has 0 aliphatic carbocycles. The van der Waals surface area contributed by atoms with Crippen LogP contribution in [0.2, 0.25) is 0 Å². The van der Waals surface area contributed by atoms with E-state index in [1.165, 1.54) is 7.11 Å². The van der Waals surface area contributed by atoms with Gasteiger partial charge in [0.15, 0.2) is 11.5 Å². The lowest BCUT2D eigenvalue weighted by Crippen LogP contribution is -2.06. The summed E-state index contributed by atoms with van der Waals surface area (Å²) in [4.78, 5) is 4.31. The summed E-state index contributed by atoms with van der Waals surface area (Å²) in [5.41, 5.74) is 7.39. The molecule has 0 atom stereocenters. The topological polar surface area (TPSA) is 85.7 Å². The van der Waals surface area contributed by atoms with Gasteiger partial charge < -0.3 is 15.6 Å². The van der Waals surface area contributed by atoms with Crippen molar-refractivity contribution in [1.29, 1.82) is 0 Å². The maximum Gasteiger partial charge on any atom is 0.161 e. The number of hydrogen-bond acceptors (Lipinski definition) is 5. The number of ether oxygens (including phenoxy) is 1. The van der Waals surface area contributed by atoms with Gasteiger partial charge in [-0.1, -0.05) is 0 Å². The molecular formula is C14H18N4O2. The predicted octanol–water partition coefficient (Wildman–Crippen LogP) is 2.51. The molecule has 0 aliphatic rings. The minimum atomic E-state index is 0.0943. The Morgan fingerprint density at radius 3 is 2.80 bits per heavy atom. The lowest BCUT2D eigenvalue weighted by atomic mass is 10.2. The maximum absolute atomic E-state index is 9.53. The second-order valence-electron chi connectivity index (χ2n) is 4.64. The lowest BCUT2D eigenvalue weighted by molar-refractivity contribution is 0.373. The molecule has 0 radical (unpaired) electrons. The van der Waals surface area contributed by atoms with Gasteiger partial charge in [0.1, 0.15) is 11.5 Å². The summed E-state index contributed by atoms with van der Waals surface area (Å²) >= 11 is 0. The Kier molecular flexibility index (Phi) is 3.93. The average molecular weight is 274 g/mol. The number of aromatic nitrogens is 2. The van der Waals surface area contributed by atoms with Crippen LogP contribution in [0.1, 0.15) is 25.5 Å². The van der Waals surface area contributed by atoms with Crippen LogP contribution in [0.4, 0.5) is 11.5 Å². The first-order valence-corrected chi connectivity index (χ1v) is 6.27. The molecule has 6 nitrogen and oxygen atoms in total. The van der Waals surface area contributed by atoms with Gasteiger partial charge in [0.2, 0.25) is 0 Å². The van der Waals surface area contributed by atoms with Crippen molar-refractivity contribution in [2.75, 3.05) is 12.8 Å². The molecule has 0 saturated carbocycles. The normalized spacial score (nSPS) is 11.4. The van der Waals surface area contributed by atoms with E-state index in [0.717, 1.165) is 5.56 Å². The third kappa shape index (κ3) is 2.74. The number of nitrogens with two attached hydrogens (primary N) is 1. The Morgan fingerprint density at radius 2 is 2.20 bits per heavy atom. The summed E-state index contributed by atoms with van der Waals surface area (Å²) < 4.78 is 6.76. The highest BCUT2D eigenvalue weighted by Crippen LogP contribution is 2.27. The first kappa shape index (κ1) is 13.9. The van der Waals surface area contributed by atoms with E-state index in [0.29, 0.717) is 17.3 Å². The first-order valence-electron chi connectivity index (χ1n) is 6.27. The van der Waals surface area contributed by atoms with E-state index in [1.807, 2.05) is 13.8 Å². The summed E-state index contributed by atoms with van der Waals surface area (Å²) in [6.07, 6.45) is 3.28. The van der Waals surface area contributed by atoms with E-state index in [2.05, 4.69) is 10.1 Å². The van der Waals surface area contributed by atoms with Crippen LogP contribution in [0.25, 0.3) is 0 Å². The highest BCUT2D eigenvalue weighted by atomic mass is 16.5. The molecule has 6 heteroatoms. The molecule has 1 aromatic heterocycles. The van der Waals surface area contributed by atoms with Gasteiger partial charge in [0, 0.05) is 12.3 Å². The average Bonchev–Trinajstić information content (AvgIpc) is 2.79. The lowest BCUT2D eigenvalue weighted by Gasteiger charge is -2.06. The minimum Gasteiger partial charge on any atom is -0.504 e. The zero-order valence-corrected chi connectivity index (χ0v) is 11.7. The van der Waals surface area contributed by atoms with Gasteiger partial charge >= 0.3 is 0 Å². The molecule has 1 heterocycles. The van der Waals surface area contributed by atoms with Crippen LogP contribution in [0.5, 0.6) is 11.5 Å². The molecule has 0 unspecified atom stereocenters. The van der Waals surface area contributed by atoms with Crippen LogP contribution >= 0.6 is 0 Å². The number of aliphatic imine (C=N–C) groups is 1. The predicted molar refractivity (Wildman–Crippen MR) is 78.9 cm³/mol. The molecule has 3 N–H and O–H groups in total. The van der Waals surface area contributed by atoms with E-state index in [-0.39, 0.29) is 11.8 Å². The highest BCUT2D eigenvalue weighted by Gasteiger charge is 2.08. The molecule has 0 saturated heterocycles. The fourth-order valence-electron chi connectivity index (χ4n) is 1.79. The summed E-state index contributed by atoms with van der Waals surface area (Å²) in [5, 5.41) is 13.7. The Morgan fingerprint density at radius 1 is 1.45 bits per heavy atom. The molecule has 106 valence electrons. The molecule has 0 spiro atoms. The maximum atomic E-state index is 9.53. The van der Waals surface area contributed by atoms with Gasteiger partial charge in [0.25, 0.3) is 0 Å². The van der Waals surface area contributed by atoms with E-state index >= 15 is 0 Å². The van der Waals surface area contributed by atoms with Gasteiger partial charge in [-0.15, -0.1) is 0 Å². The van der Waals surface area contributed by atoms with Gasteiger partial charge in [-0.2, -0.15) is 5.10 Å². The van der Waals surface area contributed by atoms with Crippen molar-refractivity contribution in [3.63, 3.8) is 0 Å². The molecule has 0 fully saturated rings. The summed E-state index contributed by atoms with van der Waals surface area (Å²) in [5.74, 6) is 1.03. The molecule has 0 amide bonds. The van der Waals surface area contributed by atoms with Crippen LogP contribution in [0.3, 0.4) is 0 Å². The number of hydrogen-bond donors (Lipinski definition) is 2. The second kappa shape index (κ2) is 5.64. The summed E-state index contributed by atoms with van der Waals surface area (Å²) in [6.45, 7) is 4.00. The van der Waals surface area contributed by atoms with E-state index in [9.17, 15) is 5.11 Å². The van der Waals surface area contributed by atoms with E-state index < -0.39 is 0 Å². The molecule has 2 rings (SSSR count). The third-order valence-corrected chi connectivity index (χ3v) is 2.86. The SMILES string of the molecule is COc1cc(C=Nc2cnn(C(C)C)c2N)ccc1O. The van der Waals surface area contributed by atoms with Crippen molar-refractivity contribution in [2.45, 2.75) is 19.9 Å². The zero-order valence-electron chi connectivity index (χ0n) is 11.7. The number of nitrogens with zero attached hydrogens (tertiary/aromatic N) is 3. The van der Waals surface area contributed by atoms with Crippen molar-refractivity contribution in [1.82, 2.24) is 9.78 Å². The fourth-order valence-corrected chi connectivity index (χ4v) is 1.79. The van der Waals surface area contributed by atoms with Crippen LogP contribution in [-0.4, -0.2) is 28.2 Å². The van der Waals surface area contributed by atoms with Gasteiger partial charge in [-0.05, 0) is 37.6 Å². The Hall–Kier alpha value is -2.50. The van der Waals surface area contributed by atoms with Crippen LogP contribution in [0.15, 0.2) is 29.4 Å². The molecule has 1 aromatic carbocycles. The van der Waals surface area contributed by atoms with Crippen molar-refractivity contribution >= 4 is 17.7 Å². The quantitative estimate of drug-likeness (QED) is 0.839. The number of benzene rings is 1. The largest absolute Gasteiger partial charge is 0.504 e. The van der Waals surface area contributed by atoms with Crippen molar-refractivity contribution in [3.8, 4) is 11.5 Å². The number of phenols is 1. The number of rotatable bonds is 4. The summed E-state index contributed by atoms with van der Waals surface area (Å²) in [7, 11) is 1.50. The smallest absolute Gasteiger partial charge is 0.161 e. The molecule has 20 heavy (non-hydrogen) atoms. The second-order valence-corrected chi connectivity index (χ2v) is 4.64. The Labute approximate surface area is 117 Å². The zero-order chi connectivity index (χ0) is 14.7. The monoisotopic (exact) mass is 274 g/mol.